The second-order valence-corrected chi connectivity index (χ2v) is 33.9. The molecule has 2 aromatic rings. The largest absolute Gasteiger partial charge is 0.480 e. The first-order valence-electron chi connectivity index (χ1n) is 41.0. The lowest BCUT2D eigenvalue weighted by molar-refractivity contribution is -0.145. The molecule has 0 radical (unpaired) electrons. The highest BCUT2D eigenvalue weighted by molar-refractivity contribution is 5.78. The quantitative estimate of drug-likeness (QED) is 0.0429. The first-order chi connectivity index (χ1) is 55.7. The van der Waals surface area contributed by atoms with Gasteiger partial charge in [-0.2, -0.15) is 0 Å². The van der Waals surface area contributed by atoms with Crippen LogP contribution < -0.4 is 33.6 Å². The minimum atomic E-state index is -1.12. The molecule has 119 heavy (non-hydrogen) atoms. The first kappa shape index (κ1) is 106. The van der Waals surface area contributed by atoms with Crippen molar-refractivity contribution in [2.45, 2.75) is 150 Å². The number of hydrogen-bond donors (Lipinski definition) is 14. The number of benzene rings is 2. The van der Waals surface area contributed by atoms with Crippen LogP contribution in [-0.2, 0) is 70.4 Å². The molecule has 3 fully saturated rings. The van der Waals surface area contributed by atoms with Crippen LogP contribution in [0.3, 0.4) is 0 Å². The van der Waals surface area contributed by atoms with Gasteiger partial charge in [-0.15, -0.1) is 0 Å². The van der Waals surface area contributed by atoms with Gasteiger partial charge >= 0.3 is 47.8 Å². The van der Waals surface area contributed by atoms with Gasteiger partial charge in [0.1, 0.15) is 6.04 Å². The highest BCUT2D eigenvalue weighted by Gasteiger charge is 2.33. The minimum Gasteiger partial charge on any atom is -0.480 e. The maximum atomic E-state index is 12.2. The lowest BCUT2D eigenvalue weighted by Crippen LogP contribution is -2.54. The number of amides is 4. The zero-order valence-corrected chi connectivity index (χ0v) is 72.3. The van der Waals surface area contributed by atoms with E-state index in [4.69, 9.17) is 22.9 Å². The third kappa shape index (κ3) is 51.4. The van der Waals surface area contributed by atoms with Crippen molar-refractivity contribution >= 4 is 82.8 Å². The number of carbonyl (C=O) groups excluding carboxylic acids is 4. The summed E-state index contributed by atoms with van der Waals surface area (Å²) in [5.41, 5.74) is 26.3. The van der Waals surface area contributed by atoms with Crippen LogP contribution in [0.4, 0.5) is 11.4 Å². The van der Waals surface area contributed by atoms with Gasteiger partial charge in [0.15, 0.2) is 0 Å². The number of primary amides is 4. The Morgan fingerprint density at radius 3 is 1.02 bits per heavy atom. The van der Waals surface area contributed by atoms with Crippen molar-refractivity contribution in [3.8, 4) is 0 Å². The van der Waals surface area contributed by atoms with E-state index in [0.717, 1.165) is 41.8 Å². The van der Waals surface area contributed by atoms with Crippen LogP contribution in [0.2, 0.25) is 0 Å². The Morgan fingerprint density at radius 1 is 0.387 bits per heavy atom. The summed E-state index contributed by atoms with van der Waals surface area (Å²) in [7, 11) is 0. The third-order valence-corrected chi connectivity index (χ3v) is 19.7. The van der Waals surface area contributed by atoms with Gasteiger partial charge in [-0.25, -0.2) is 0 Å². The number of nitrogens with zero attached hydrogens (tertiary/aromatic N) is 12. The number of aryl methyl sites for hydroxylation is 1. The Kier molecular flexibility index (Phi) is 49.3. The Balaban J connectivity index is 0.000000601. The predicted octanol–water partition coefficient (Wildman–Crippen LogP) is 0.277. The van der Waals surface area contributed by atoms with Crippen molar-refractivity contribution in [1.29, 1.82) is 0 Å². The molecule has 38 nitrogen and oxygen atoms in total. The molecule has 3 atom stereocenters. The maximum absolute atomic E-state index is 12.2. The average molecular weight is 1690 g/mol. The number of carbonyl (C=O) groups is 12. The van der Waals surface area contributed by atoms with E-state index in [-0.39, 0.29) is 87.5 Å². The Hall–Kier alpha value is -8.80. The van der Waals surface area contributed by atoms with E-state index in [0.29, 0.717) is 170 Å². The van der Waals surface area contributed by atoms with Gasteiger partial charge in [0.2, 0.25) is 23.6 Å². The molecule has 676 valence electrons. The number of nitrogens with one attached hydrogen (secondary N) is 2. The summed E-state index contributed by atoms with van der Waals surface area (Å²) in [5, 5.41) is 82.5. The van der Waals surface area contributed by atoms with E-state index in [2.05, 4.69) is 77.8 Å². The molecule has 3 heterocycles. The normalized spacial score (nSPS) is 18.2. The molecule has 0 aliphatic carbocycles. The van der Waals surface area contributed by atoms with Crippen molar-refractivity contribution in [3.05, 3.63) is 59.7 Å². The number of carboxylic acids is 8. The summed E-state index contributed by atoms with van der Waals surface area (Å²) in [4.78, 5) is 162. The second kappa shape index (κ2) is 55.2. The molecule has 0 saturated carbocycles. The summed E-state index contributed by atoms with van der Waals surface area (Å²) >= 11 is 0. The van der Waals surface area contributed by atoms with Crippen LogP contribution in [0, 0.1) is 5.41 Å². The van der Waals surface area contributed by atoms with E-state index in [1.165, 1.54) is 4.90 Å². The number of hydrogen-bond acceptors (Lipinski definition) is 26. The molecule has 3 saturated heterocycles. The van der Waals surface area contributed by atoms with Gasteiger partial charge in [-0.3, -0.25) is 116 Å². The molecule has 2 aromatic carbocycles. The molecule has 0 aromatic heterocycles. The van der Waals surface area contributed by atoms with Crippen LogP contribution in [0.25, 0.3) is 0 Å². The highest BCUT2D eigenvalue weighted by atomic mass is 16.4. The van der Waals surface area contributed by atoms with Crippen LogP contribution in [0.1, 0.15) is 119 Å². The average Bonchev–Trinajstić information content (AvgIpc) is 1.24. The summed E-state index contributed by atoms with van der Waals surface area (Å²) in [6, 6.07) is 14.9. The minimum absolute atomic E-state index is 0.0109. The number of nitrogens with two attached hydrogens (primary N) is 4. The molecular weight excluding hydrogens is 1540 g/mol. The SMILES string of the molecule is CC.CC(C)(C)CCCC(C(=O)O)N1CCN(CC(=O)O)CCN(CC(=O)O)CCN(CC(=O)O)CC1.CC(C)(C)Nc1ccc(CC2CN(CC(N)=O)CCN(CC(N)=O)CCN(CC(N)=O)CCN2CC(N)=O)cc1.CC(C)(C)Nc1ccc(CCCC(CN2CCN(CC(=O)O)CCN(CC(=O)O)CC2)N(CC(=O)O)CC(=O)O)cc1. The second-order valence-electron chi connectivity index (χ2n) is 33.9. The van der Waals surface area contributed by atoms with Gasteiger partial charge in [-0.05, 0) is 121 Å². The number of aliphatic carboxylic acids is 8. The Bertz CT molecular complexity index is 3360. The summed E-state index contributed by atoms with van der Waals surface area (Å²) in [6.45, 7) is 29.6. The van der Waals surface area contributed by atoms with E-state index in [1.54, 1.807) is 24.5 Å². The highest BCUT2D eigenvalue weighted by Crippen LogP contribution is 2.25. The van der Waals surface area contributed by atoms with Gasteiger partial charge < -0.3 is 74.4 Å². The maximum Gasteiger partial charge on any atom is 0.320 e. The van der Waals surface area contributed by atoms with E-state index < -0.39 is 90.5 Å². The molecule has 0 bridgehead atoms. The van der Waals surface area contributed by atoms with Crippen molar-refractivity contribution in [2.75, 3.05) is 227 Å². The van der Waals surface area contributed by atoms with Crippen LogP contribution in [0.5, 0.6) is 0 Å². The molecule has 3 aliphatic rings. The van der Waals surface area contributed by atoms with Gasteiger partial charge in [-0.1, -0.05) is 65.3 Å². The molecular formula is C81H142N18O20. The van der Waals surface area contributed by atoms with E-state index in [1.807, 2.05) is 86.9 Å². The van der Waals surface area contributed by atoms with Gasteiger partial charge in [0.25, 0.3) is 0 Å². The fourth-order valence-electron chi connectivity index (χ4n) is 14.2. The fraction of sp³-hybridized carbons (Fsp3) is 0.704. The fourth-order valence-corrected chi connectivity index (χ4v) is 14.2. The van der Waals surface area contributed by atoms with Gasteiger partial charge in [0.05, 0.1) is 72.0 Å². The van der Waals surface area contributed by atoms with E-state index in [9.17, 15) is 98.4 Å². The van der Waals surface area contributed by atoms with Crippen LogP contribution >= 0.6 is 0 Å². The molecule has 3 aliphatic heterocycles. The zero-order chi connectivity index (χ0) is 89.8. The first-order valence-corrected chi connectivity index (χ1v) is 41.0. The summed E-state index contributed by atoms with van der Waals surface area (Å²) < 4.78 is 0. The van der Waals surface area contributed by atoms with E-state index >= 15 is 0 Å². The Morgan fingerprint density at radius 2 is 0.697 bits per heavy atom. The lowest BCUT2D eigenvalue weighted by atomic mass is 9.89. The molecule has 3 unspecified atom stereocenters. The molecule has 5 rings (SSSR count). The van der Waals surface area contributed by atoms with Crippen LogP contribution in [-0.4, -0.2) is 416 Å². The zero-order valence-electron chi connectivity index (χ0n) is 72.3. The molecule has 38 heteroatoms. The topological polar surface area (TPSA) is 534 Å². The number of anilines is 2. The van der Waals surface area contributed by atoms with Crippen molar-refractivity contribution in [2.24, 2.45) is 28.3 Å². The van der Waals surface area contributed by atoms with Crippen molar-refractivity contribution < 1.29 is 98.4 Å². The summed E-state index contributed by atoms with van der Waals surface area (Å²) in [5.74, 6) is -10.1. The molecule has 4 amide bonds. The van der Waals surface area contributed by atoms with Gasteiger partial charge in [0, 0.05) is 179 Å². The molecule has 0 spiro atoms. The van der Waals surface area contributed by atoms with Crippen molar-refractivity contribution in [3.63, 3.8) is 0 Å². The lowest BCUT2D eigenvalue weighted by Gasteiger charge is -2.38. The standard InChI is InChI=1S/C29H47N5O8.C27H47N9O4.C23H42N4O8.C2H6/c1-29(2,3)30-23-9-7-22(8-10-23)5-4-6-24(34(20-27(39)40)21-28(41)42)17-31-11-13-32(18-25(35)36)15-16-33(14-12-31)19-26(37)38;1-27(2,3)32-21-6-4-20(5-7-21)14-22-15-35(18-25(30)39)11-10-33(16-23(28)37)8-9-34(17-24(29)38)12-13-36(22)19-26(31)40;1-23(2,3)6-4-5-18(22(34)35)27-13-11-25(16-20(30)31)9-7-24(15-19(28)29)8-10-26(12-14-27)17-21(32)33;1-2/h7-10,24,30H,4-6,11-21H2,1-3H3,(H,35,36)(H,37,38)(H,39,40)(H,41,42);4-7,22,32H,8-19H2,1-3H3,(H2,28,37)(H2,29,38)(H2,30,39)(H2,31,40);18H,4-17H2,1-3H3,(H,28,29)(H,30,31)(H,32,33)(H,34,35);1-2H3. The smallest absolute Gasteiger partial charge is 0.320 e. The summed E-state index contributed by atoms with van der Waals surface area (Å²) in [6.07, 6.45) is 4.60. The number of rotatable bonds is 38. The number of carboxylic acid groups (broad SMARTS) is 8. The predicted molar refractivity (Wildman–Crippen MR) is 453 cm³/mol. The monoisotopic (exact) mass is 1690 g/mol. The Labute approximate surface area is 702 Å². The van der Waals surface area contributed by atoms with Crippen LogP contribution in [0.15, 0.2) is 48.5 Å². The van der Waals surface area contributed by atoms with Crippen molar-refractivity contribution in [1.82, 2.24) is 58.8 Å². The molecule has 18 N–H and O–H groups in total. The third-order valence-electron chi connectivity index (χ3n) is 19.7.